The van der Waals surface area contributed by atoms with Gasteiger partial charge in [0, 0.05) is 11.6 Å². The van der Waals surface area contributed by atoms with Gasteiger partial charge in [0.2, 0.25) is 15.9 Å². The number of anilines is 1. The van der Waals surface area contributed by atoms with Crippen molar-refractivity contribution in [3.05, 3.63) is 60.2 Å². The molecule has 0 aromatic heterocycles. The number of nitrogens with two attached hydrogens (primary N) is 1. The monoisotopic (exact) mass is 316 g/mol. The first-order valence-corrected chi connectivity index (χ1v) is 8.48. The molecule has 1 saturated carbocycles. The number of nitrogens with one attached hydrogen (secondary N) is 1. The van der Waals surface area contributed by atoms with E-state index in [0.29, 0.717) is 5.69 Å². The molecule has 2 aromatic carbocycles. The molecule has 0 spiro atoms. The first-order valence-electron chi connectivity index (χ1n) is 6.94. The van der Waals surface area contributed by atoms with Crippen LogP contribution in [0.15, 0.2) is 59.5 Å². The van der Waals surface area contributed by atoms with Crippen LogP contribution in [0.4, 0.5) is 5.69 Å². The molecule has 1 fully saturated rings. The summed E-state index contributed by atoms with van der Waals surface area (Å²) in [6.07, 6.45) is 0.838. The predicted molar refractivity (Wildman–Crippen MR) is 83.7 cm³/mol. The third-order valence-electron chi connectivity index (χ3n) is 3.81. The molecule has 1 aliphatic rings. The molecular formula is C16H16N2O3S. The lowest BCUT2D eigenvalue weighted by Gasteiger charge is -2.06. The number of amides is 1. The molecule has 1 amide bonds. The quantitative estimate of drug-likeness (QED) is 0.905. The highest BCUT2D eigenvalue weighted by Gasteiger charge is 2.43. The fraction of sp³-hybridized carbons (Fsp3) is 0.188. The van der Waals surface area contributed by atoms with Crippen LogP contribution < -0.4 is 10.5 Å². The van der Waals surface area contributed by atoms with Gasteiger partial charge in [0.25, 0.3) is 0 Å². The standard InChI is InChI=1S/C16H16N2O3S/c17-22(20,21)13-8-6-12(7-9-13)18-16(19)15-10-14(15)11-4-2-1-3-5-11/h1-9,14-15H,10H2,(H,18,19)(H2,17,20,21)/t14-,15+/m1/s1. The minimum atomic E-state index is -3.71. The molecule has 2 aromatic rings. The zero-order chi connectivity index (χ0) is 15.7. The van der Waals surface area contributed by atoms with Crippen LogP contribution >= 0.6 is 0 Å². The summed E-state index contributed by atoms with van der Waals surface area (Å²) in [6.45, 7) is 0. The maximum Gasteiger partial charge on any atom is 0.238 e. The summed E-state index contributed by atoms with van der Waals surface area (Å²) in [5, 5.41) is 7.84. The summed E-state index contributed by atoms with van der Waals surface area (Å²) in [5.74, 6) is 0.197. The Labute approximate surface area is 129 Å². The number of hydrogen-bond donors (Lipinski definition) is 2. The second-order valence-corrected chi connectivity index (χ2v) is 6.98. The Morgan fingerprint density at radius 1 is 1.05 bits per heavy atom. The van der Waals surface area contributed by atoms with E-state index in [1.807, 2.05) is 30.3 Å². The van der Waals surface area contributed by atoms with Crippen molar-refractivity contribution in [1.29, 1.82) is 0 Å². The summed E-state index contributed by atoms with van der Waals surface area (Å²) in [6, 6.07) is 15.8. The Morgan fingerprint density at radius 2 is 1.68 bits per heavy atom. The lowest BCUT2D eigenvalue weighted by atomic mass is 10.1. The molecule has 3 rings (SSSR count). The summed E-state index contributed by atoms with van der Waals surface area (Å²) in [5.41, 5.74) is 1.74. The van der Waals surface area contributed by atoms with Crippen molar-refractivity contribution < 1.29 is 13.2 Å². The number of carbonyl (C=O) groups is 1. The highest BCUT2D eigenvalue weighted by atomic mass is 32.2. The predicted octanol–water partition coefficient (Wildman–Crippen LogP) is 2.08. The topological polar surface area (TPSA) is 89.3 Å². The van der Waals surface area contributed by atoms with Crippen LogP contribution in [0.3, 0.4) is 0 Å². The summed E-state index contributed by atoms with van der Waals surface area (Å²) in [4.78, 5) is 12.2. The van der Waals surface area contributed by atoms with Gasteiger partial charge >= 0.3 is 0 Å². The van der Waals surface area contributed by atoms with Crippen molar-refractivity contribution in [2.75, 3.05) is 5.32 Å². The largest absolute Gasteiger partial charge is 0.326 e. The number of sulfonamides is 1. The van der Waals surface area contributed by atoms with Crippen LogP contribution in [-0.4, -0.2) is 14.3 Å². The molecular weight excluding hydrogens is 300 g/mol. The molecule has 114 valence electrons. The maximum atomic E-state index is 12.2. The van der Waals surface area contributed by atoms with Crippen LogP contribution in [0.25, 0.3) is 0 Å². The Balaban J connectivity index is 1.64. The highest BCUT2D eigenvalue weighted by molar-refractivity contribution is 7.89. The Morgan fingerprint density at radius 3 is 2.27 bits per heavy atom. The number of primary sulfonamides is 1. The molecule has 0 bridgehead atoms. The first-order chi connectivity index (χ1) is 10.4. The smallest absolute Gasteiger partial charge is 0.238 e. The van der Waals surface area contributed by atoms with Crippen molar-refractivity contribution in [3.8, 4) is 0 Å². The van der Waals surface area contributed by atoms with Gasteiger partial charge in [0.15, 0.2) is 0 Å². The minimum Gasteiger partial charge on any atom is -0.326 e. The van der Waals surface area contributed by atoms with E-state index >= 15 is 0 Å². The van der Waals surface area contributed by atoms with Gasteiger partial charge in [-0.2, -0.15) is 0 Å². The third kappa shape index (κ3) is 3.18. The van der Waals surface area contributed by atoms with Crippen LogP contribution in [0, 0.1) is 5.92 Å². The average molecular weight is 316 g/mol. The summed E-state index contributed by atoms with van der Waals surface area (Å²) >= 11 is 0. The van der Waals surface area contributed by atoms with Crippen molar-refractivity contribution in [2.45, 2.75) is 17.2 Å². The van der Waals surface area contributed by atoms with E-state index in [4.69, 9.17) is 5.14 Å². The van der Waals surface area contributed by atoms with Gasteiger partial charge in [0.1, 0.15) is 0 Å². The van der Waals surface area contributed by atoms with E-state index in [1.165, 1.54) is 29.8 Å². The molecule has 0 radical (unpaired) electrons. The van der Waals surface area contributed by atoms with Gasteiger partial charge in [-0.25, -0.2) is 13.6 Å². The van der Waals surface area contributed by atoms with E-state index in [-0.39, 0.29) is 22.6 Å². The second-order valence-electron chi connectivity index (χ2n) is 5.42. The fourth-order valence-electron chi connectivity index (χ4n) is 2.52. The molecule has 0 heterocycles. The molecule has 1 aliphatic carbocycles. The van der Waals surface area contributed by atoms with Crippen molar-refractivity contribution in [2.24, 2.45) is 11.1 Å². The van der Waals surface area contributed by atoms with Gasteiger partial charge in [0.05, 0.1) is 4.90 Å². The van der Waals surface area contributed by atoms with Crippen LogP contribution in [0.5, 0.6) is 0 Å². The lowest BCUT2D eigenvalue weighted by molar-refractivity contribution is -0.117. The third-order valence-corrected chi connectivity index (χ3v) is 4.73. The molecule has 5 nitrogen and oxygen atoms in total. The average Bonchev–Trinajstić information content (AvgIpc) is 3.28. The molecule has 6 heteroatoms. The normalized spacial score (nSPS) is 20.4. The molecule has 3 N–H and O–H groups in total. The molecule has 2 atom stereocenters. The molecule has 0 saturated heterocycles. The highest BCUT2D eigenvalue weighted by Crippen LogP contribution is 2.47. The maximum absolute atomic E-state index is 12.2. The molecule has 0 unspecified atom stereocenters. The van der Waals surface area contributed by atoms with Gasteiger partial charge < -0.3 is 5.32 Å². The van der Waals surface area contributed by atoms with E-state index in [0.717, 1.165) is 6.42 Å². The Hall–Kier alpha value is -2.18. The van der Waals surface area contributed by atoms with Crippen molar-refractivity contribution >= 4 is 21.6 Å². The van der Waals surface area contributed by atoms with Gasteiger partial charge in [-0.05, 0) is 42.2 Å². The minimum absolute atomic E-state index is 0.0269. The SMILES string of the molecule is NS(=O)(=O)c1ccc(NC(=O)[C@H]2C[C@@H]2c2ccccc2)cc1. The van der Waals surface area contributed by atoms with Crippen LogP contribution in [-0.2, 0) is 14.8 Å². The molecule has 22 heavy (non-hydrogen) atoms. The second kappa shape index (κ2) is 5.55. The van der Waals surface area contributed by atoms with Crippen molar-refractivity contribution in [1.82, 2.24) is 0 Å². The zero-order valence-electron chi connectivity index (χ0n) is 11.8. The van der Waals surface area contributed by atoms with E-state index in [1.54, 1.807) is 0 Å². The van der Waals surface area contributed by atoms with Crippen molar-refractivity contribution in [3.63, 3.8) is 0 Å². The Kier molecular flexibility index (Phi) is 3.72. The van der Waals surface area contributed by atoms with Crippen LogP contribution in [0.2, 0.25) is 0 Å². The van der Waals surface area contributed by atoms with Gasteiger partial charge in [-0.1, -0.05) is 30.3 Å². The number of benzene rings is 2. The fourth-order valence-corrected chi connectivity index (χ4v) is 3.03. The Bertz CT molecular complexity index is 786. The van der Waals surface area contributed by atoms with E-state index in [2.05, 4.69) is 5.32 Å². The van der Waals surface area contributed by atoms with Crippen LogP contribution in [0.1, 0.15) is 17.9 Å². The van der Waals surface area contributed by atoms with E-state index < -0.39 is 10.0 Å². The van der Waals surface area contributed by atoms with E-state index in [9.17, 15) is 13.2 Å². The summed E-state index contributed by atoms with van der Waals surface area (Å²) in [7, 11) is -3.71. The first kappa shape index (κ1) is 14.7. The summed E-state index contributed by atoms with van der Waals surface area (Å²) < 4.78 is 22.3. The lowest BCUT2D eigenvalue weighted by Crippen LogP contribution is -2.15. The van der Waals surface area contributed by atoms with Gasteiger partial charge in [-0.15, -0.1) is 0 Å². The number of carbonyl (C=O) groups excluding carboxylic acids is 1. The number of rotatable bonds is 4. The number of hydrogen-bond acceptors (Lipinski definition) is 3. The van der Waals surface area contributed by atoms with Gasteiger partial charge in [-0.3, -0.25) is 4.79 Å². The molecule has 0 aliphatic heterocycles. The zero-order valence-corrected chi connectivity index (χ0v) is 12.6.